The molecule has 0 amide bonds. The molecule has 0 saturated carbocycles. The van der Waals surface area contributed by atoms with E-state index in [4.69, 9.17) is 11.6 Å². The summed E-state index contributed by atoms with van der Waals surface area (Å²) < 4.78 is 0. The van der Waals surface area contributed by atoms with Gasteiger partial charge in [0.25, 0.3) is 0 Å². The van der Waals surface area contributed by atoms with Gasteiger partial charge in [-0.1, -0.05) is 54.1 Å². The minimum absolute atomic E-state index is 0.0462. The number of aliphatic hydroxyl groups is 1. The molecule has 0 aromatic heterocycles. The van der Waals surface area contributed by atoms with Gasteiger partial charge in [0.15, 0.2) is 0 Å². The molecular weight excluding hydrogens is 258 g/mol. The van der Waals surface area contributed by atoms with E-state index in [1.165, 1.54) is 0 Å². The third kappa shape index (κ3) is 3.57. The smallest absolute Gasteiger partial charge is 0.0652 e. The molecular formula is C16H18ClNO. The van der Waals surface area contributed by atoms with Gasteiger partial charge in [0.1, 0.15) is 0 Å². The molecule has 2 aromatic rings. The molecule has 0 fully saturated rings. The normalized spacial score (nSPS) is 14.1. The summed E-state index contributed by atoms with van der Waals surface area (Å²) >= 11 is 5.86. The van der Waals surface area contributed by atoms with Crippen LogP contribution in [-0.2, 0) is 12.1 Å². The van der Waals surface area contributed by atoms with Gasteiger partial charge in [-0.25, -0.2) is 0 Å². The van der Waals surface area contributed by atoms with E-state index in [-0.39, 0.29) is 6.61 Å². The second-order valence-electron chi connectivity index (χ2n) is 4.84. The zero-order valence-corrected chi connectivity index (χ0v) is 11.7. The number of hydrogen-bond donors (Lipinski definition) is 2. The van der Waals surface area contributed by atoms with Crippen LogP contribution < -0.4 is 5.32 Å². The Bertz CT molecular complexity index is 512. The first-order valence-corrected chi connectivity index (χ1v) is 6.68. The van der Waals surface area contributed by atoms with Crippen molar-refractivity contribution in [1.82, 2.24) is 5.32 Å². The lowest BCUT2D eigenvalue weighted by atomic mass is 9.92. The highest BCUT2D eigenvalue weighted by atomic mass is 35.5. The predicted molar refractivity (Wildman–Crippen MR) is 79.2 cm³/mol. The van der Waals surface area contributed by atoms with Crippen LogP contribution in [-0.4, -0.2) is 11.7 Å². The summed E-state index contributed by atoms with van der Waals surface area (Å²) in [6.07, 6.45) is 0. The second kappa shape index (κ2) is 6.20. The van der Waals surface area contributed by atoms with E-state index in [2.05, 4.69) is 5.32 Å². The molecule has 0 aliphatic rings. The van der Waals surface area contributed by atoms with Gasteiger partial charge < -0.3 is 10.4 Å². The molecule has 0 heterocycles. The molecule has 0 aliphatic carbocycles. The third-order valence-corrected chi connectivity index (χ3v) is 3.58. The fourth-order valence-corrected chi connectivity index (χ4v) is 2.08. The Hall–Kier alpha value is -1.35. The van der Waals surface area contributed by atoms with Crippen molar-refractivity contribution in [2.24, 2.45) is 0 Å². The largest absolute Gasteiger partial charge is 0.394 e. The maximum atomic E-state index is 9.68. The molecule has 1 atom stereocenters. The fourth-order valence-electron chi connectivity index (χ4n) is 1.95. The van der Waals surface area contributed by atoms with Crippen LogP contribution in [0.1, 0.15) is 18.1 Å². The predicted octanol–water partition coefficient (Wildman–Crippen LogP) is 3.34. The highest BCUT2D eigenvalue weighted by molar-refractivity contribution is 6.30. The van der Waals surface area contributed by atoms with Crippen molar-refractivity contribution in [3.63, 3.8) is 0 Å². The average Bonchev–Trinajstić information content (AvgIpc) is 2.47. The summed E-state index contributed by atoms with van der Waals surface area (Å²) in [5, 5.41) is 13.8. The van der Waals surface area contributed by atoms with E-state index < -0.39 is 5.54 Å². The zero-order valence-electron chi connectivity index (χ0n) is 10.9. The first-order valence-electron chi connectivity index (χ1n) is 6.30. The minimum Gasteiger partial charge on any atom is -0.394 e. The number of nitrogens with one attached hydrogen (secondary N) is 1. The summed E-state index contributed by atoms with van der Waals surface area (Å²) in [7, 11) is 0. The van der Waals surface area contributed by atoms with Crippen molar-refractivity contribution >= 4 is 11.6 Å². The number of benzene rings is 2. The molecule has 0 aliphatic heterocycles. The van der Waals surface area contributed by atoms with E-state index >= 15 is 0 Å². The number of rotatable bonds is 5. The van der Waals surface area contributed by atoms with Crippen LogP contribution in [0.5, 0.6) is 0 Å². The summed E-state index contributed by atoms with van der Waals surface area (Å²) in [6, 6.07) is 17.7. The quantitative estimate of drug-likeness (QED) is 0.877. The van der Waals surface area contributed by atoms with E-state index in [9.17, 15) is 5.11 Å². The lowest BCUT2D eigenvalue weighted by molar-refractivity contribution is 0.173. The van der Waals surface area contributed by atoms with Gasteiger partial charge >= 0.3 is 0 Å². The van der Waals surface area contributed by atoms with Crippen LogP contribution in [0.3, 0.4) is 0 Å². The minimum atomic E-state index is -0.444. The molecule has 0 bridgehead atoms. The Balaban J connectivity index is 2.09. The lowest BCUT2D eigenvalue weighted by Gasteiger charge is -2.29. The molecule has 100 valence electrons. The lowest BCUT2D eigenvalue weighted by Crippen LogP contribution is -2.42. The summed E-state index contributed by atoms with van der Waals surface area (Å²) in [5.41, 5.74) is 1.77. The van der Waals surface area contributed by atoms with Crippen LogP contribution in [0.25, 0.3) is 0 Å². The zero-order chi connectivity index (χ0) is 13.7. The van der Waals surface area contributed by atoms with Crippen LogP contribution in [0.15, 0.2) is 54.6 Å². The highest BCUT2D eigenvalue weighted by Crippen LogP contribution is 2.20. The van der Waals surface area contributed by atoms with E-state index in [1.54, 1.807) is 0 Å². The Kier molecular flexibility index (Phi) is 4.59. The molecule has 2 N–H and O–H groups in total. The monoisotopic (exact) mass is 275 g/mol. The van der Waals surface area contributed by atoms with Crippen molar-refractivity contribution in [3.05, 3.63) is 70.7 Å². The van der Waals surface area contributed by atoms with Crippen molar-refractivity contribution in [1.29, 1.82) is 0 Å². The van der Waals surface area contributed by atoms with Gasteiger partial charge in [-0.15, -0.1) is 0 Å². The molecule has 2 aromatic carbocycles. The van der Waals surface area contributed by atoms with Gasteiger partial charge in [0.05, 0.1) is 12.1 Å². The van der Waals surface area contributed by atoms with Crippen LogP contribution in [0.2, 0.25) is 5.02 Å². The van der Waals surface area contributed by atoms with Gasteiger partial charge in [0.2, 0.25) is 0 Å². The molecule has 2 nitrogen and oxygen atoms in total. The maximum absolute atomic E-state index is 9.68. The summed E-state index contributed by atoms with van der Waals surface area (Å²) in [6.45, 7) is 2.73. The van der Waals surface area contributed by atoms with Crippen LogP contribution in [0.4, 0.5) is 0 Å². The summed E-state index contributed by atoms with van der Waals surface area (Å²) in [4.78, 5) is 0. The van der Waals surface area contributed by atoms with Crippen molar-refractivity contribution in [3.8, 4) is 0 Å². The standard InChI is InChI=1S/C16H18ClNO/c1-16(12-19,14-5-3-2-4-6-14)18-11-13-7-9-15(17)10-8-13/h2-10,18-19H,11-12H2,1H3. The van der Waals surface area contributed by atoms with E-state index in [0.717, 1.165) is 16.1 Å². The Morgan fingerprint density at radius 2 is 1.68 bits per heavy atom. The highest BCUT2D eigenvalue weighted by Gasteiger charge is 2.24. The van der Waals surface area contributed by atoms with Gasteiger partial charge in [-0.3, -0.25) is 0 Å². The number of aliphatic hydroxyl groups excluding tert-OH is 1. The van der Waals surface area contributed by atoms with Gasteiger partial charge in [-0.2, -0.15) is 0 Å². The van der Waals surface area contributed by atoms with Crippen molar-refractivity contribution in [2.75, 3.05) is 6.61 Å². The van der Waals surface area contributed by atoms with Crippen LogP contribution in [0, 0.1) is 0 Å². The Morgan fingerprint density at radius 1 is 1.05 bits per heavy atom. The number of hydrogen-bond acceptors (Lipinski definition) is 2. The molecule has 2 rings (SSSR count). The SMILES string of the molecule is CC(CO)(NCc1ccc(Cl)cc1)c1ccccc1. The maximum Gasteiger partial charge on any atom is 0.0652 e. The van der Waals surface area contributed by atoms with Crippen molar-refractivity contribution in [2.45, 2.75) is 19.0 Å². The third-order valence-electron chi connectivity index (χ3n) is 3.32. The molecule has 1 unspecified atom stereocenters. The fraction of sp³-hybridized carbons (Fsp3) is 0.250. The van der Waals surface area contributed by atoms with Crippen LogP contribution >= 0.6 is 11.6 Å². The molecule has 3 heteroatoms. The first kappa shape index (κ1) is 14.1. The molecule has 0 spiro atoms. The average molecular weight is 276 g/mol. The first-order chi connectivity index (χ1) is 9.14. The Labute approximate surface area is 119 Å². The van der Waals surface area contributed by atoms with Gasteiger partial charge in [-0.05, 0) is 30.2 Å². The Morgan fingerprint density at radius 3 is 2.26 bits per heavy atom. The summed E-state index contributed by atoms with van der Waals surface area (Å²) in [5.74, 6) is 0. The molecule has 0 saturated heterocycles. The molecule has 19 heavy (non-hydrogen) atoms. The molecule has 0 radical (unpaired) electrons. The van der Waals surface area contributed by atoms with E-state index in [1.807, 2.05) is 61.5 Å². The van der Waals surface area contributed by atoms with E-state index in [0.29, 0.717) is 6.54 Å². The van der Waals surface area contributed by atoms with Crippen molar-refractivity contribution < 1.29 is 5.11 Å². The number of halogens is 1. The second-order valence-corrected chi connectivity index (χ2v) is 5.27. The topological polar surface area (TPSA) is 32.3 Å². The van der Waals surface area contributed by atoms with Gasteiger partial charge in [0, 0.05) is 11.6 Å².